The molecule has 290 valence electrons. The van der Waals surface area contributed by atoms with Crippen molar-refractivity contribution in [1.29, 1.82) is 0 Å². The Balaban J connectivity index is 1.55. The van der Waals surface area contributed by atoms with Crippen LogP contribution in [0, 0.1) is 57.2 Å². The number of aldehydes is 1. The molecule has 1 saturated heterocycles. The van der Waals surface area contributed by atoms with E-state index in [2.05, 4.69) is 48.5 Å². The molecule has 0 aromatic rings. The molecule has 0 spiro atoms. The number of rotatable bonds is 10. The Morgan fingerprint density at radius 1 is 0.824 bits per heavy atom. The van der Waals surface area contributed by atoms with Gasteiger partial charge in [0.05, 0.1) is 11.7 Å². The Morgan fingerprint density at radius 2 is 1.43 bits per heavy atom. The van der Waals surface area contributed by atoms with Crippen molar-refractivity contribution >= 4 is 24.2 Å². The fourth-order valence-corrected chi connectivity index (χ4v) is 13.1. The fraction of sp³-hybridized carbons (Fsp3) is 0.905. The van der Waals surface area contributed by atoms with E-state index in [4.69, 9.17) is 23.7 Å². The second kappa shape index (κ2) is 14.3. The average molecular weight is 717 g/mol. The number of carbonyl (C=O) groups is 4. The Labute approximate surface area is 307 Å². The summed E-state index contributed by atoms with van der Waals surface area (Å²) in [7, 11) is 0. The maximum absolute atomic E-state index is 13.0. The number of hydrogen-bond acceptors (Lipinski definition) is 9. The molecular weight excluding hydrogens is 648 g/mol. The Morgan fingerprint density at radius 3 is 2.02 bits per heavy atom. The highest BCUT2D eigenvalue weighted by atomic mass is 16.7. The summed E-state index contributed by atoms with van der Waals surface area (Å²) in [6.07, 6.45) is 6.48. The number of fused-ring (bicyclic) bond motifs is 5. The lowest BCUT2D eigenvalue weighted by atomic mass is 9.34. The summed E-state index contributed by atoms with van der Waals surface area (Å²) in [5.41, 5.74) is -0.610. The van der Waals surface area contributed by atoms with Gasteiger partial charge in [-0.3, -0.25) is 14.4 Å². The van der Waals surface area contributed by atoms with Crippen molar-refractivity contribution in [2.75, 3.05) is 0 Å². The van der Waals surface area contributed by atoms with Gasteiger partial charge in [0.2, 0.25) is 0 Å². The molecule has 4 unspecified atom stereocenters. The quantitative estimate of drug-likeness (QED) is 0.125. The third-order valence-corrected chi connectivity index (χ3v) is 16.1. The van der Waals surface area contributed by atoms with Gasteiger partial charge in [-0.25, -0.2) is 0 Å². The van der Waals surface area contributed by atoms with E-state index in [1.807, 2.05) is 13.8 Å². The van der Waals surface area contributed by atoms with Gasteiger partial charge in [-0.15, -0.1) is 0 Å². The average Bonchev–Trinajstić information content (AvgIpc) is 3.42. The first kappa shape index (κ1) is 40.2. The summed E-state index contributed by atoms with van der Waals surface area (Å²) in [6, 6.07) is 0. The smallest absolute Gasteiger partial charge is 0.303 e. The van der Waals surface area contributed by atoms with Crippen molar-refractivity contribution < 1.29 is 42.9 Å². The summed E-state index contributed by atoms with van der Waals surface area (Å²) >= 11 is 0. The maximum atomic E-state index is 13.0. The predicted molar refractivity (Wildman–Crippen MR) is 193 cm³/mol. The molecule has 0 aromatic heterocycles. The van der Waals surface area contributed by atoms with Crippen LogP contribution in [0.1, 0.15) is 147 Å². The van der Waals surface area contributed by atoms with Gasteiger partial charge in [0.15, 0.2) is 12.4 Å². The number of carbonyl (C=O) groups excluding carboxylic acids is 4. The first-order chi connectivity index (χ1) is 23.7. The largest absolute Gasteiger partial charge is 0.462 e. The first-order valence-corrected chi connectivity index (χ1v) is 20.0. The molecule has 0 bridgehead atoms. The summed E-state index contributed by atoms with van der Waals surface area (Å²) in [4.78, 5) is 49.6. The van der Waals surface area contributed by atoms with Crippen LogP contribution >= 0.6 is 0 Å². The molecule has 0 aromatic carbocycles. The third-order valence-electron chi connectivity index (χ3n) is 16.1. The van der Waals surface area contributed by atoms with E-state index in [9.17, 15) is 19.2 Å². The van der Waals surface area contributed by atoms with Crippen molar-refractivity contribution in [2.45, 2.75) is 184 Å². The van der Waals surface area contributed by atoms with E-state index >= 15 is 0 Å². The number of ether oxygens (including phenoxy) is 5. The molecule has 9 nitrogen and oxygen atoms in total. The number of esters is 3. The minimum atomic E-state index is -0.941. The van der Waals surface area contributed by atoms with Crippen molar-refractivity contribution in [3.8, 4) is 0 Å². The molecule has 5 rings (SSSR count). The summed E-state index contributed by atoms with van der Waals surface area (Å²) < 4.78 is 31.8. The Kier molecular flexibility index (Phi) is 11.3. The van der Waals surface area contributed by atoms with E-state index in [1.165, 1.54) is 40.0 Å². The van der Waals surface area contributed by atoms with E-state index in [1.54, 1.807) is 0 Å². The molecule has 1 heterocycles. The molecule has 51 heavy (non-hydrogen) atoms. The highest BCUT2D eigenvalue weighted by Crippen LogP contribution is 2.76. The van der Waals surface area contributed by atoms with E-state index < -0.39 is 48.1 Å². The highest BCUT2D eigenvalue weighted by molar-refractivity contribution is 5.67. The molecule has 5 aliphatic rings. The van der Waals surface area contributed by atoms with Crippen LogP contribution in [-0.2, 0) is 42.9 Å². The van der Waals surface area contributed by atoms with Crippen LogP contribution in [0.15, 0.2) is 0 Å². The monoisotopic (exact) mass is 716 g/mol. The Bertz CT molecular complexity index is 1330. The lowest BCUT2D eigenvalue weighted by molar-refractivity contribution is -0.327. The van der Waals surface area contributed by atoms with Gasteiger partial charge in [0, 0.05) is 39.0 Å². The Hall–Kier alpha value is -2.00. The fourth-order valence-electron chi connectivity index (χ4n) is 13.1. The topological polar surface area (TPSA) is 114 Å². The third kappa shape index (κ3) is 6.71. The van der Waals surface area contributed by atoms with Crippen LogP contribution in [-0.4, -0.2) is 60.5 Å². The number of hydrogen-bond donors (Lipinski definition) is 0. The lowest BCUT2D eigenvalue weighted by Crippen LogP contribution is -2.66. The van der Waals surface area contributed by atoms with Crippen molar-refractivity contribution in [1.82, 2.24) is 0 Å². The van der Waals surface area contributed by atoms with Gasteiger partial charge in [0.1, 0.15) is 18.5 Å². The first-order valence-electron chi connectivity index (χ1n) is 20.0. The predicted octanol–water partition coefficient (Wildman–Crippen LogP) is 8.24. The summed E-state index contributed by atoms with van der Waals surface area (Å²) in [6.45, 7) is 25.1. The molecule has 0 N–H and O–H groups in total. The van der Waals surface area contributed by atoms with Crippen LogP contribution in [0.5, 0.6) is 0 Å². The van der Waals surface area contributed by atoms with Gasteiger partial charge >= 0.3 is 17.9 Å². The molecule has 4 saturated carbocycles. The van der Waals surface area contributed by atoms with Gasteiger partial charge in [0.25, 0.3) is 0 Å². The zero-order chi connectivity index (χ0) is 37.9. The van der Waals surface area contributed by atoms with Crippen molar-refractivity contribution in [3.05, 3.63) is 0 Å². The molecule has 0 amide bonds. The summed E-state index contributed by atoms with van der Waals surface area (Å²) in [5, 5.41) is 0. The zero-order valence-electron chi connectivity index (χ0n) is 33.7. The SMILES string of the molecule is CC[C@H]1O[C@H](O[C@@](C)(CCC=O)C2CC[C@]3(C)[C@@H]2C(OC(C)=O)CC2[C@@]4(C)CC[C@H](C)C(C)(C)C4CC[C@]23C)[C@H](OC(C)=O)[C@@H](C)[C@@H]1OC(C)=O. The van der Waals surface area contributed by atoms with Gasteiger partial charge in [-0.1, -0.05) is 55.4 Å². The minimum absolute atomic E-state index is 0.000988. The van der Waals surface area contributed by atoms with Crippen LogP contribution in [0.3, 0.4) is 0 Å². The molecule has 4 aliphatic carbocycles. The van der Waals surface area contributed by atoms with Gasteiger partial charge < -0.3 is 28.5 Å². The zero-order valence-corrected chi connectivity index (χ0v) is 33.7. The van der Waals surface area contributed by atoms with E-state index in [-0.39, 0.29) is 52.0 Å². The second-order valence-corrected chi connectivity index (χ2v) is 18.9. The molecule has 1 aliphatic heterocycles. The second-order valence-electron chi connectivity index (χ2n) is 18.9. The van der Waals surface area contributed by atoms with Gasteiger partial charge in [-0.2, -0.15) is 0 Å². The van der Waals surface area contributed by atoms with Crippen molar-refractivity contribution in [2.24, 2.45) is 57.2 Å². The normalized spacial score (nSPS) is 45.6. The summed E-state index contributed by atoms with van der Waals surface area (Å²) in [5.74, 6) is 0.0616. The standard InChI is InChI=1S/C42H68O9/c1-13-30-35(48-27(5)45)25(3)36(49-28(6)46)37(50-30)51-42(12,18-14-22-43)29-16-20-41(11)34(29)31(47-26(4)44)23-33-39(9)19-15-24(2)38(7,8)32(39)17-21-40(33,41)10/h22,24-25,29-37H,13-21,23H2,1-12H3/t24-,25-,29?,30+,31?,32?,33?,34-,35-,36+,37+,39-,40+,41+,42-/m0/s1. The minimum Gasteiger partial charge on any atom is -0.462 e. The molecular formula is C42H68O9. The maximum Gasteiger partial charge on any atom is 0.303 e. The van der Waals surface area contributed by atoms with Crippen LogP contribution in [0.4, 0.5) is 0 Å². The highest BCUT2D eigenvalue weighted by Gasteiger charge is 2.72. The lowest BCUT2D eigenvalue weighted by Gasteiger charge is -2.71. The van der Waals surface area contributed by atoms with E-state index in [0.717, 1.165) is 32.0 Å². The van der Waals surface area contributed by atoms with Crippen molar-refractivity contribution in [3.63, 3.8) is 0 Å². The molecule has 0 radical (unpaired) electrons. The van der Waals surface area contributed by atoms with Gasteiger partial charge in [-0.05, 0) is 110 Å². The van der Waals surface area contributed by atoms with Crippen LogP contribution < -0.4 is 0 Å². The molecule has 5 fully saturated rings. The van der Waals surface area contributed by atoms with Crippen LogP contribution in [0.25, 0.3) is 0 Å². The molecule has 9 heteroatoms. The molecule has 15 atom stereocenters. The van der Waals surface area contributed by atoms with Crippen LogP contribution in [0.2, 0.25) is 0 Å². The van der Waals surface area contributed by atoms with E-state index in [0.29, 0.717) is 30.6 Å².